The van der Waals surface area contributed by atoms with Gasteiger partial charge in [-0.15, -0.1) is 0 Å². The van der Waals surface area contributed by atoms with Crippen molar-refractivity contribution >= 4 is 76.4 Å². The molecule has 21 N–H and O–H groups in total. The van der Waals surface area contributed by atoms with Crippen LogP contribution in [0.5, 0.6) is 69.0 Å². The highest BCUT2D eigenvalue weighted by molar-refractivity contribution is 6.33. The highest BCUT2D eigenvalue weighted by Gasteiger charge is 2.52. The van der Waals surface area contributed by atoms with E-state index in [4.69, 9.17) is 56.4 Å². The number of phenolic OH excluding ortho intramolecular Hbond substituents is 4. The number of nitrogens with one attached hydrogen (secondary N) is 9. The van der Waals surface area contributed by atoms with Crippen molar-refractivity contribution < 1.29 is 138 Å². The van der Waals surface area contributed by atoms with E-state index in [2.05, 4.69) is 61.7 Å². The Hall–Kier alpha value is -11.9. The second-order valence-electron chi connectivity index (χ2n) is 32.3. The summed E-state index contributed by atoms with van der Waals surface area (Å²) in [5, 5.41) is 161. The highest BCUT2D eigenvalue weighted by atomic mass is 35.5. The van der Waals surface area contributed by atoms with Gasteiger partial charge in [-0.05, 0) is 153 Å². The fourth-order valence-corrected chi connectivity index (χ4v) is 16.2. The molecule has 8 amide bonds. The Kier molecular flexibility index (Phi) is 29.2. The van der Waals surface area contributed by atoms with Gasteiger partial charge in [0, 0.05) is 48.2 Å². The van der Waals surface area contributed by atoms with Crippen LogP contribution in [-0.2, 0) is 59.0 Å². The number of likely N-dealkylation sites (N-methyl/N-ethyl adjacent to an activating group) is 1. The molecule has 7 aromatic carbocycles. The average molecular weight is 1800 g/mol. The molecule has 17 bridgehead atoms. The Morgan fingerprint density at radius 3 is 1.92 bits per heavy atom. The lowest BCUT2D eigenvalue weighted by atomic mass is 9.89. The number of rotatable bonds is 21. The lowest BCUT2D eigenvalue weighted by Gasteiger charge is -2.41. The Morgan fingerprint density at radius 1 is 0.567 bits per heavy atom. The van der Waals surface area contributed by atoms with E-state index in [-0.39, 0.29) is 47.8 Å². The van der Waals surface area contributed by atoms with Crippen LogP contribution in [0, 0.1) is 5.92 Å². The van der Waals surface area contributed by atoms with Crippen LogP contribution in [0.25, 0.3) is 11.1 Å². The van der Waals surface area contributed by atoms with Gasteiger partial charge in [0.05, 0.1) is 16.7 Å². The summed E-state index contributed by atoms with van der Waals surface area (Å²) < 4.78 is 44.5. The van der Waals surface area contributed by atoms with E-state index in [1.807, 2.05) is 0 Å². The Balaban J connectivity index is 1.05. The first-order chi connectivity index (χ1) is 60.6. The lowest BCUT2D eigenvalue weighted by molar-refractivity contribution is -0.277. The molecule has 0 aromatic heterocycles. The minimum absolute atomic E-state index is 0.0944. The van der Waals surface area contributed by atoms with E-state index in [0.29, 0.717) is 30.9 Å². The first-order valence-corrected chi connectivity index (χ1v) is 41.8. The molecule has 15 rings (SSSR count). The molecular weight excluding hydrogens is 1700 g/mol. The van der Waals surface area contributed by atoms with Crippen molar-refractivity contribution in [1.29, 1.82) is 0 Å². The van der Waals surface area contributed by atoms with Crippen molar-refractivity contribution in [3.05, 3.63) is 164 Å². The number of nitrogens with zero attached hydrogens (tertiary/aromatic N) is 1. The number of unbranched alkanes of at least 4 members (excludes halogenated alkanes) is 4. The van der Waals surface area contributed by atoms with Crippen LogP contribution >= 0.6 is 23.2 Å². The number of phenols is 4. The molecule has 2 saturated heterocycles. The second-order valence-corrected chi connectivity index (χ2v) is 33.1. The van der Waals surface area contributed by atoms with Gasteiger partial charge < -0.3 is 147 Å². The summed E-state index contributed by atoms with van der Waals surface area (Å²) in [6.07, 6.45) is -16.9. The number of aliphatic carboxylic acids is 1. The number of aliphatic hydroxyl groups excluding tert-OH is 7. The first kappa shape index (κ1) is 92.8. The predicted molar refractivity (Wildman–Crippen MR) is 447 cm³/mol. The minimum atomic E-state index is -2.45. The number of aliphatic hydroxyl groups is 7. The zero-order valence-corrected chi connectivity index (χ0v) is 70.5. The predicted octanol–water partition coefficient (Wildman–Crippen LogP) is 3.78. The molecule has 127 heavy (non-hydrogen) atoms. The zero-order chi connectivity index (χ0) is 91.3. The maximum atomic E-state index is 16.8. The van der Waals surface area contributed by atoms with Gasteiger partial charge in [-0.25, -0.2) is 4.79 Å². The first-order valence-electron chi connectivity index (χ1n) is 41.0. The number of amides is 8. The van der Waals surface area contributed by atoms with Gasteiger partial charge in [0.25, 0.3) is 0 Å². The van der Waals surface area contributed by atoms with Crippen molar-refractivity contribution in [2.75, 3.05) is 40.8 Å². The monoisotopic (exact) mass is 1800 g/mol. The standard InChI is InChI=1S/C87H98Cl2N10O28/c1-37(2)12-9-7-6-8-10-13-60(105)93-69-72(108)74(110)77(85(119)120)127-86(69)126-76-57-30-42-31-58(76)123-54-23-18-41(28-49(54)88)70(106)68-84(118)97-66(79(113)91-24-11-25-99(4)5)47-32-43(101)33-56(124-87-75(111)73(109)71(107)59(36-100)125-87)61(47)46-27-39(16-21-51(46)102)64(81(115)98-68)94-82(116)65(42)95-83(117)67-48-34-45(35-53(104)62(48)89)122-55-29-40(17-22-52(55)103)63(90-3)80(114)92-50(78(112)96-67)26-38-14-19-44(121-57)20-15-38/h14-23,27-35,37,50,59,63-75,77,86-87,90,100-104,106-111H,6-13,24-26,36H2,1-5H3,(H,91,113)(H,92,114)(H,93,105)(H,94,116)(H,95,117)(H,96,112)(H,97,118)(H,98,115)(H,119,120)/t50-,59-,63-,64+,65-,66+,67-,68+,69-,70-,71+,72-,73+,74+,75+,77-,86-,87-/m1/s1. The summed E-state index contributed by atoms with van der Waals surface area (Å²) in [5.74, 6) is -17.5. The van der Waals surface area contributed by atoms with Crippen LogP contribution in [0.2, 0.25) is 10.0 Å². The summed E-state index contributed by atoms with van der Waals surface area (Å²) in [6, 6.07) is 5.66. The number of carbonyl (C=O) groups excluding carboxylic acids is 8. The number of hydrogen-bond donors (Lipinski definition) is 21. The van der Waals surface area contributed by atoms with E-state index in [0.717, 1.165) is 98.5 Å². The van der Waals surface area contributed by atoms with Crippen LogP contribution in [0.15, 0.2) is 115 Å². The topological polar surface area (TPSA) is 573 Å². The normalized spacial score (nSPS) is 26.0. The summed E-state index contributed by atoms with van der Waals surface area (Å²) in [4.78, 5) is 140. The van der Waals surface area contributed by atoms with Gasteiger partial charge in [-0.2, -0.15) is 0 Å². The number of hydrogen-bond acceptors (Lipinski definition) is 29. The van der Waals surface area contributed by atoms with Gasteiger partial charge in [0.2, 0.25) is 65.6 Å². The Labute approximate surface area is 735 Å². The number of benzene rings is 7. The van der Waals surface area contributed by atoms with Crippen molar-refractivity contribution in [1.82, 2.24) is 52.8 Å². The SMILES string of the molecule is CN[C@H]1C(=O)N[C@@H]2Cc3ccc(cc3)Oc3cc4cc(c3O[C@@H]3O[C@@H](C(=O)O)[C@@H](O)[C@H](O)[C@H]3NC(=O)CCCCCCCC(C)C)Oc3ccc(cc3Cl)[C@@H](O)[C@@H]3NC(=O)[C@@H](NC(=O)[C@@H]4NC(=O)[C@H](NC2=O)c2cc(cc(O)c2Cl)Oc2cc1ccc2O)c1ccc(O)c(c1)-c1c(O[C@@H]2O[C@H](CO)[C@H](O)[C@H](O)[C@@H]2O)cc(O)cc1[C@@H](C(=O)NCCCN(C)C)NC3=O. The summed E-state index contributed by atoms with van der Waals surface area (Å²) in [7, 11) is 4.95. The summed E-state index contributed by atoms with van der Waals surface area (Å²) in [5.41, 5.74) is -2.68. The third-order valence-electron chi connectivity index (χ3n) is 22.5. The Bertz CT molecular complexity index is 5320. The molecule has 0 aliphatic carbocycles. The highest BCUT2D eigenvalue weighted by Crippen LogP contribution is 2.51. The molecule has 8 aliphatic heterocycles. The second kappa shape index (κ2) is 40.0. The van der Waals surface area contributed by atoms with Gasteiger partial charge in [0.15, 0.2) is 29.1 Å². The van der Waals surface area contributed by atoms with Crippen LogP contribution < -0.4 is 71.5 Å². The number of carboxylic acid groups (broad SMARTS) is 1. The van der Waals surface area contributed by atoms with Gasteiger partial charge in [0.1, 0.15) is 131 Å². The van der Waals surface area contributed by atoms with Crippen molar-refractivity contribution in [2.24, 2.45) is 5.92 Å². The maximum Gasteiger partial charge on any atom is 0.335 e. The fraction of sp³-hybridized carbons (Fsp3) is 0.414. The van der Waals surface area contributed by atoms with E-state index in [1.54, 1.807) is 19.0 Å². The third kappa shape index (κ3) is 20.9. The average Bonchev–Trinajstić information content (AvgIpc) is 0.744. The maximum absolute atomic E-state index is 16.8. The molecule has 0 radical (unpaired) electrons. The lowest BCUT2D eigenvalue weighted by Crippen LogP contribution is -2.66. The van der Waals surface area contributed by atoms with Crippen LogP contribution in [0.3, 0.4) is 0 Å². The smallest absolute Gasteiger partial charge is 0.335 e. The third-order valence-corrected chi connectivity index (χ3v) is 23.2. The number of fused-ring (bicyclic) bond motifs is 14. The summed E-state index contributed by atoms with van der Waals surface area (Å²) >= 11 is 14.3. The van der Waals surface area contributed by atoms with Gasteiger partial charge >= 0.3 is 5.97 Å². The van der Waals surface area contributed by atoms with E-state index >= 15 is 28.8 Å². The van der Waals surface area contributed by atoms with E-state index < -0.39 is 271 Å². The molecule has 8 aliphatic rings. The van der Waals surface area contributed by atoms with Crippen molar-refractivity contribution in [3.63, 3.8) is 0 Å². The molecule has 678 valence electrons. The molecule has 2 fully saturated rings. The largest absolute Gasteiger partial charge is 0.508 e. The fourth-order valence-electron chi connectivity index (χ4n) is 15.7. The van der Waals surface area contributed by atoms with Crippen LogP contribution in [0.4, 0.5) is 0 Å². The van der Waals surface area contributed by atoms with Crippen LogP contribution in [0.1, 0.15) is 140 Å². The molecule has 40 heteroatoms. The number of carboxylic acids is 1. The molecular formula is C87H98Cl2N10O28. The molecule has 0 saturated carbocycles. The summed E-state index contributed by atoms with van der Waals surface area (Å²) in [6.45, 7) is 3.56. The van der Waals surface area contributed by atoms with Crippen molar-refractivity contribution in [3.8, 4) is 80.1 Å². The van der Waals surface area contributed by atoms with Crippen molar-refractivity contribution in [2.45, 2.75) is 181 Å². The Morgan fingerprint density at radius 2 is 1.22 bits per heavy atom. The molecule has 7 aromatic rings. The van der Waals surface area contributed by atoms with Gasteiger partial charge in [-0.1, -0.05) is 99.5 Å². The number of halogens is 2. The molecule has 0 unspecified atom stereocenters. The van der Waals surface area contributed by atoms with E-state index in [9.17, 15) is 75.7 Å². The molecule has 18 atom stereocenters. The number of aromatic hydroxyl groups is 4. The number of carbonyl (C=O) groups is 9. The van der Waals surface area contributed by atoms with E-state index in [1.165, 1.54) is 49.5 Å². The minimum Gasteiger partial charge on any atom is -0.508 e. The number of ether oxygens (including phenoxy) is 7. The zero-order valence-electron chi connectivity index (χ0n) is 69.0. The molecule has 38 nitrogen and oxygen atoms in total. The quantitative estimate of drug-likeness (QED) is 0.0455. The molecule has 8 heterocycles. The van der Waals surface area contributed by atoms with Gasteiger partial charge in [-0.3, -0.25) is 38.4 Å². The molecule has 0 spiro atoms. The van der Waals surface area contributed by atoms with Crippen LogP contribution in [-0.4, -0.2) is 234 Å².